The van der Waals surface area contributed by atoms with E-state index >= 15 is 0 Å². The molecule has 1 rings (SSSR count). The minimum Gasteiger partial charge on any atom is -0.481 e. The Balaban J connectivity index is 3.22. The van der Waals surface area contributed by atoms with E-state index in [0.29, 0.717) is 17.7 Å². The van der Waals surface area contributed by atoms with Gasteiger partial charge < -0.3 is 34.8 Å². The summed E-state index contributed by atoms with van der Waals surface area (Å²) in [4.78, 5) is 53.2. The molecule has 0 bridgehead atoms. The standard InChI is InChI=1S/C43H67NO10/c1-9-11-13-16-19-22-33(45)23-20-17-14-15-18-21-24-35(43(51,40(50)54-42(6,7)8)31-37(46)53-41(3,4)5)38(47)44-36(39(48)49)30-32-25-27-34(28-26-32)52-29-12-10-2/h21,24-28,33,35-36,45,51H,9,11,13-20,22-23,29-31H2,1-8H3,(H,44,47)(H,48,49)/b24-21+/t33?,35-,36+,43+/m1/s1. The minimum absolute atomic E-state index is 0.114. The lowest BCUT2D eigenvalue weighted by atomic mass is 9.82. The zero-order valence-electron chi connectivity index (χ0n) is 34.0. The van der Waals surface area contributed by atoms with E-state index in [4.69, 9.17) is 14.2 Å². The molecule has 0 aliphatic rings. The number of aliphatic hydroxyl groups is 2. The second-order valence-corrected chi connectivity index (χ2v) is 15.9. The van der Waals surface area contributed by atoms with Gasteiger partial charge in [-0.15, -0.1) is 5.92 Å². The summed E-state index contributed by atoms with van der Waals surface area (Å²) in [5, 5.41) is 35.0. The van der Waals surface area contributed by atoms with Crippen LogP contribution in [0.3, 0.4) is 0 Å². The van der Waals surface area contributed by atoms with Crippen molar-refractivity contribution in [2.75, 3.05) is 6.61 Å². The summed E-state index contributed by atoms with van der Waals surface area (Å²) in [5.41, 5.74) is -4.19. The number of allylic oxidation sites excluding steroid dienone is 1. The molecule has 1 amide bonds. The Hall–Kier alpha value is -3.88. The molecule has 0 spiro atoms. The molecule has 304 valence electrons. The highest BCUT2D eigenvalue weighted by atomic mass is 16.6. The normalized spacial score (nSPS) is 14.6. The SMILES string of the molecule is CC#CCOc1ccc(C[C@H](NC(=O)[C@@H](/C=C/CCCCCCC(O)CCCCCCC)[C@@](O)(CC(=O)OC(C)(C)C)C(=O)OC(C)(C)C)C(=O)O)cc1. The molecule has 0 heterocycles. The van der Waals surface area contributed by atoms with Crippen LogP contribution < -0.4 is 10.1 Å². The van der Waals surface area contributed by atoms with Gasteiger partial charge in [0.2, 0.25) is 5.91 Å². The van der Waals surface area contributed by atoms with Crippen molar-refractivity contribution >= 4 is 23.8 Å². The minimum atomic E-state index is -2.73. The first kappa shape index (κ1) is 48.1. The molecular formula is C43H67NO10. The van der Waals surface area contributed by atoms with Crippen LogP contribution in [0.4, 0.5) is 0 Å². The van der Waals surface area contributed by atoms with Crippen molar-refractivity contribution in [3.05, 3.63) is 42.0 Å². The van der Waals surface area contributed by atoms with Crippen molar-refractivity contribution in [2.24, 2.45) is 5.92 Å². The third kappa shape index (κ3) is 20.5. The molecule has 0 fully saturated rings. The zero-order valence-corrected chi connectivity index (χ0v) is 34.0. The number of hydrogen-bond acceptors (Lipinski definition) is 9. The van der Waals surface area contributed by atoms with Crippen LogP contribution in [0.2, 0.25) is 0 Å². The smallest absolute Gasteiger partial charge is 0.340 e. The molecule has 54 heavy (non-hydrogen) atoms. The summed E-state index contributed by atoms with van der Waals surface area (Å²) in [6.45, 7) is 13.7. The Morgan fingerprint density at radius 2 is 1.43 bits per heavy atom. The number of carbonyl (C=O) groups excluding carboxylic acids is 3. The number of amides is 1. The topological polar surface area (TPSA) is 169 Å². The fraction of sp³-hybridized carbons (Fsp3) is 0.674. The van der Waals surface area contributed by atoms with E-state index in [1.165, 1.54) is 25.3 Å². The highest BCUT2D eigenvalue weighted by molar-refractivity contribution is 5.95. The summed E-state index contributed by atoms with van der Waals surface area (Å²) in [6, 6.07) is 5.23. The fourth-order valence-corrected chi connectivity index (χ4v) is 5.70. The van der Waals surface area contributed by atoms with Gasteiger partial charge in [0.1, 0.15) is 29.6 Å². The number of benzene rings is 1. The van der Waals surface area contributed by atoms with Crippen LogP contribution in [0.15, 0.2) is 36.4 Å². The van der Waals surface area contributed by atoms with Crippen LogP contribution in [0, 0.1) is 17.8 Å². The number of ether oxygens (including phenoxy) is 3. The number of carboxylic acid groups (broad SMARTS) is 1. The van der Waals surface area contributed by atoms with Gasteiger partial charge in [-0.05, 0) is 91.8 Å². The number of esters is 2. The molecule has 0 aliphatic carbocycles. The van der Waals surface area contributed by atoms with Gasteiger partial charge in [0.15, 0.2) is 5.60 Å². The van der Waals surface area contributed by atoms with E-state index in [-0.39, 0.29) is 19.1 Å². The van der Waals surface area contributed by atoms with Gasteiger partial charge in [0.05, 0.1) is 18.4 Å². The molecule has 0 radical (unpaired) electrons. The first-order valence-electron chi connectivity index (χ1n) is 19.5. The van der Waals surface area contributed by atoms with Crippen molar-refractivity contribution in [1.29, 1.82) is 0 Å². The number of carboxylic acids is 1. The Kier molecular flexibility index (Phi) is 21.9. The number of aliphatic hydroxyl groups excluding tert-OH is 1. The van der Waals surface area contributed by atoms with E-state index in [9.17, 15) is 34.5 Å². The molecule has 1 unspecified atom stereocenters. The van der Waals surface area contributed by atoms with Gasteiger partial charge in [0, 0.05) is 6.42 Å². The van der Waals surface area contributed by atoms with Gasteiger partial charge in [-0.25, -0.2) is 9.59 Å². The number of unbranched alkanes of at least 4 members (excludes halogenated alkanes) is 8. The van der Waals surface area contributed by atoms with Crippen molar-refractivity contribution in [1.82, 2.24) is 5.32 Å². The highest BCUT2D eigenvalue weighted by Gasteiger charge is 2.51. The Labute approximate surface area is 323 Å². The zero-order chi connectivity index (χ0) is 40.8. The van der Waals surface area contributed by atoms with Crippen LogP contribution in [0.1, 0.15) is 144 Å². The van der Waals surface area contributed by atoms with E-state index in [0.717, 1.165) is 51.4 Å². The lowest BCUT2D eigenvalue weighted by Gasteiger charge is -2.35. The lowest BCUT2D eigenvalue weighted by molar-refractivity contribution is -0.190. The Bertz CT molecular complexity index is 1380. The predicted octanol–water partition coefficient (Wildman–Crippen LogP) is 7.24. The summed E-state index contributed by atoms with van der Waals surface area (Å²) in [6.07, 6.45) is 12.9. The molecular weight excluding hydrogens is 690 g/mol. The average Bonchev–Trinajstić information content (AvgIpc) is 3.06. The van der Waals surface area contributed by atoms with E-state index in [1.54, 1.807) is 78.8 Å². The molecule has 0 aromatic heterocycles. The van der Waals surface area contributed by atoms with Gasteiger partial charge in [0.25, 0.3) is 0 Å². The molecule has 11 heteroatoms. The molecule has 0 saturated heterocycles. The summed E-state index contributed by atoms with van der Waals surface area (Å²) >= 11 is 0. The highest BCUT2D eigenvalue weighted by Crippen LogP contribution is 2.30. The molecule has 0 aliphatic heterocycles. The molecule has 1 aromatic rings. The number of hydrogen-bond donors (Lipinski definition) is 4. The first-order valence-corrected chi connectivity index (χ1v) is 19.5. The molecule has 0 saturated carbocycles. The Morgan fingerprint density at radius 1 is 0.852 bits per heavy atom. The third-order valence-corrected chi connectivity index (χ3v) is 8.48. The van der Waals surface area contributed by atoms with E-state index in [2.05, 4.69) is 24.1 Å². The summed E-state index contributed by atoms with van der Waals surface area (Å²) in [5.74, 6) is -0.0970. The molecule has 11 nitrogen and oxygen atoms in total. The number of rotatable bonds is 25. The maximum atomic E-state index is 14.0. The van der Waals surface area contributed by atoms with Crippen molar-refractivity contribution in [2.45, 2.75) is 174 Å². The molecule has 4 N–H and O–H groups in total. The summed E-state index contributed by atoms with van der Waals surface area (Å²) in [7, 11) is 0. The maximum Gasteiger partial charge on any atom is 0.340 e. The number of nitrogens with one attached hydrogen (secondary N) is 1. The largest absolute Gasteiger partial charge is 0.481 e. The second kappa shape index (κ2) is 24.5. The van der Waals surface area contributed by atoms with Crippen LogP contribution in [0.25, 0.3) is 0 Å². The van der Waals surface area contributed by atoms with Crippen molar-refractivity contribution in [3.8, 4) is 17.6 Å². The van der Waals surface area contributed by atoms with Gasteiger partial charge >= 0.3 is 17.9 Å². The van der Waals surface area contributed by atoms with Crippen LogP contribution in [0.5, 0.6) is 5.75 Å². The number of carbonyl (C=O) groups is 4. The quantitative estimate of drug-likeness (QED) is 0.0345. The van der Waals surface area contributed by atoms with E-state index < -0.39 is 59.0 Å². The van der Waals surface area contributed by atoms with E-state index in [1.807, 2.05) is 0 Å². The average molecular weight is 758 g/mol. The van der Waals surface area contributed by atoms with Gasteiger partial charge in [-0.1, -0.05) is 88.5 Å². The summed E-state index contributed by atoms with van der Waals surface area (Å²) < 4.78 is 16.5. The van der Waals surface area contributed by atoms with Crippen LogP contribution >= 0.6 is 0 Å². The van der Waals surface area contributed by atoms with Crippen LogP contribution in [-0.4, -0.2) is 74.7 Å². The monoisotopic (exact) mass is 757 g/mol. The molecule has 1 aromatic carbocycles. The predicted molar refractivity (Wildman–Crippen MR) is 210 cm³/mol. The first-order chi connectivity index (χ1) is 25.3. The third-order valence-electron chi connectivity index (χ3n) is 8.48. The number of aliphatic carboxylic acids is 1. The van der Waals surface area contributed by atoms with Gasteiger partial charge in [-0.2, -0.15) is 0 Å². The second-order valence-electron chi connectivity index (χ2n) is 15.9. The van der Waals surface area contributed by atoms with Crippen molar-refractivity contribution < 1.29 is 48.7 Å². The fourth-order valence-electron chi connectivity index (χ4n) is 5.70. The molecule has 4 atom stereocenters. The maximum absolute atomic E-state index is 14.0. The van der Waals surface area contributed by atoms with Crippen LogP contribution in [-0.2, 0) is 35.1 Å². The van der Waals surface area contributed by atoms with Crippen molar-refractivity contribution in [3.63, 3.8) is 0 Å². The Morgan fingerprint density at radius 3 is 1.96 bits per heavy atom. The lowest BCUT2D eigenvalue weighted by Crippen LogP contribution is -2.57. The van der Waals surface area contributed by atoms with Gasteiger partial charge in [-0.3, -0.25) is 9.59 Å².